The summed E-state index contributed by atoms with van der Waals surface area (Å²) < 4.78 is 16.0. The molecule has 1 N–H and O–H groups in total. The molecule has 0 aromatic heterocycles. The van der Waals surface area contributed by atoms with Gasteiger partial charge in [0.25, 0.3) is 5.91 Å². The first-order valence-corrected chi connectivity index (χ1v) is 13.0. The van der Waals surface area contributed by atoms with E-state index < -0.39 is 41.6 Å². The van der Waals surface area contributed by atoms with Crippen LogP contribution >= 0.6 is 0 Å². The van der Waals surface area contributed by atoms with Crippen LogP contribution in [0.1, 0.15) is 65.4 Å². The van der Waals surface area contributed by atoms with Crippen LogP contribution in [0.3, 0.4) is 0 Å². The Hall–Kier alpha value is -3.14. The van der Waals surface area contributed by atoms with Crippen LogP contribution in [-0.4, -0.2) is 77.8 Å². The smallest absolute Gasteiger partial charge is 0.331 e. The largest absolute Gasteiger partial charge is 0.497 e. The minimum Gasteiger partial charge on any atom is -0.497 e. The Morgan fingerprint density at radius 2 is 1.84 bits per heavy atom. The Balaban J connectivity index is 1.80. The lowest BCUT2D eigenvalue weighted by atomic mass is 10.0. The second-order valence-electron chi connectivity index (χ2n) is 10.3. The maximum atomic E-state index is 13.8. The van der Waals surface area contributed by atoms with Crippen LogP contribution in [0.5, 0.6) is 5.75 Å². The van der Waals surface area contributed by atoms with Gasteiger partial charge in [-0.05, 0) is 77.5 Å². The molecule has 10 nitrogen and oxygen atoms in total. The van der Waals surface area contributed by atoms with E-state index in [1.54, 1.807) is 34.8 Å². The number of nitrogens with one attached hydrogen (secondary N) is 1. The van der Waals surface area contributed by atoms with Crippen molar-refractivity contribution >= 4 is 23.8 Å². The van der Waals surface area contributed by atoms with Crippen molar-refractivity contribution in [1.82, 2.24) is 15.3 Å². The van der Waals surface area contributed by atoms with E-state index in [0.717, 1.165) is 11.3 Å². The zero-order chi connectivity index (χ0) is 27.2. The van der Waals surface area contributed by atoms with Gasteiger partial charge in [-0.2, -0.15) is 0 Å². The number of hydrogen-bond donors (Lipinski definition) is 1. The van der Waals surface area contributed by atoms with Gasteiger partial charge < -0.3 is 14.2 Å². The third-order valence-corrected chi connectivity index (χ3v) is 6.39. The molecule has 3 atom stereocenters. The molecule has 0 aliphatic carbocycles. The summed E-state index contributed by atoms with van der Waals surface area (Å²) in [7, 11) is 1.60. The molecule has 2 aliphatic rings. The first-order valence-electron chi connectivity index (χ1n) is 13.0. The lowest BCUT2D eigenvalue weighted by Gasteiger charge is -2.43. The van der Waals surface area contributed by atoms with Crippen LogP contribution in [0.15, 0.2) is 24.3 Å². The van der Waals surface area contributed by atoms with E-state index in [-0.39, 0.29) is 25.4 Å². The minimum absolute atomic E-state index is 0.120. The molecule has 10 heteroatoms. The second-order valence-corrected chi connectivity index (χ2v) is 10.3. The number of methoxy groups -OCH3 is 1. The molecule has 37 heavy (non-hydrogen) atoms. The lowest BCUT2D eigenvalue weighted by Crippen LogP contribution is -2.63. The molecule has 1 aromatic rings. The molecule has 204 valence electrons. The van der Waals surface area contributed by atoms with Crippen LogP contribution in [-0.2, 0) is 35.1 Å². The summed E-state index contributed by atoms with van der Waals surface area (Å²) in [5.74, 6) is -0.904. The molecule has 0 radical (unpaired) electrons. The van der Waals surface area contributed by atoms with Gasteiger partial charge in [0.1, 0.15) is 17.4 Å². The van der Waals surface area contributed by atoms with Crippen LogP contribution in [0.4, 0.5) is 0 Å². The zero-order valence-corrected chi connectivity index (χ0v) is 22.5. The Labute approximate surface area is 218 Å². The first-order chi connectivity index (χ1) is 17.5. The van der Waals surface area contributed by atoms with Gasteiger partial charge in [0.05, 0.1) is 19.8 Å². The quantitative estimate of drug-likeness (QED) is 0.497. The van der Waals surface area contributed by atoms with E-state index in [2.05, 4.69) is 5.32 Å². The van der Waals surface area contributed by atoms with Gasteiger partial charge in [0.2, 0.25) is 5.91 Å². The fourth-order valence-electron chi connectivity index (χ4n) is 4.63. The topological polar surface area (TPSA) is 114 Å². The highest BCUT2D eigenvalue weighted by molar-refractivity contribution is 5.92. The van der Waals surface area contributed by atoms with Crippen molar-refractivity contribution in [2.45, 2.75) is 89.9 Å². The molecule has 2 fully saturated rings. The third kappa shape index (κ3) is 7.44. The number of ether oxygens (including phenoxy) is 3. The lowest BCUT2D eigenvalue weighted by molar-refractivity contribution is -0.188. The number of amides is 2. The molecular formula is C27H39N3O7. The number of carbonyl (C=O) groups excluding carboxylic acids is 4. The summed E-state index contributed by atoms with van der Waals surface area (Å²) in [5.41, 5.74) is 0.276. The monoisotopic (exact) mass is 517 g/mol. The van der Waals surface area contributed by atoms with Gasteiger partial charge in [0.15, 0.2) is 6.04 Å². The molecule has 2 heterocycles. The highest BCUT2D eigenvalue weighted by Crippen LogP contribution is 2.27. The summed E-state index contributed by atoms with van der Waals surface area (Å²) >= 11 is 0. The number of hydrazine groups is 1. The van der Waals surface area contributed by atoms with Crippen LogP contribution in [0.2, 0.25) is 0 Å². The van der Waals surface area contributed by atoms with Crippen LogP contribution in [0.25, 0.3) is 0 Å². The van der Waals surface area contributed by atoms with Crippen LogP contribution < -0.4 is 10.1 Å². The molecule has 0 unspecified atom stereocenters. The summed E-state index contributed by atoms with van der Waals surface area (Å²) in [6, 6.07) is 5.06. The van der Waals surface area contributed by atoms with Gasteiger partial charge in [-0.15, -0.1) is 0 Å². The molecule has 0 bridgehead atoms. The van der Waals surface area contributed by atoms with Crippen molar-refractivity contribution in [3.63, 3.8) is 0 Å². The van der Waals surface area contributed by atoms with Gasteiger partial charge in [-0.1, -0.05) is 12.1 Å². The Morgan fingerprint density at radius 3 is 2.46 bits per heavy atom. The number of esters is 2. The number of fused-ring (bicyclic) bond motifs is 1. The Bertz CT molecular complexity index is 973. The summed E-state index contributed by atoms with van der Waals surface area (Å²) in [5, 5.41) is 5.80. The number of carbonyl (C=O) groups is 4. The van der Waals surface area contributed by atoms with E-state index in [4.69, 9.17) is 14.2 Å². The van der Waals surface area contributed by atoms with Gasteiger partial charge in [0, 0.05) is 13.0 Å². The van der Waals surface area contributed by atoms with Crippen molar-refractivity contribution in [2.75, 3.05) is 20.3 Å². The van der Waals surface area contributed by atoms with E-state index in [9.17, 15) is 19.2 Å². The Morgan fingerprint density at radius 1 is 1.14 bits per heavy atom. The zero-order valence-electron chi connectivity index (χ0n) is 22.5. The van der Waals surface area contributed by atoms with Crippen molar-refractivity contribution in [2.24, 2.45) is 0 Å². The molecule has 2 amide bonds. The van der Waals surface area contributed by atoms with Crippen molar-refractivity contribution < 1.29 is 33.4 Å². The molecule has 2 saturated heterocycles. The number of benzene rings is 1. The molecule has 0 saturated carbocycles. The molecule has 3 rings (SSSR count). The van der Waals surface area contributed by atoms with E-state index >= 15 is 0 Å². The fraction of sp³-hybridized carbons (Fsp3) is 0.630. The van der Waals surface area contributed by atoms with Crippen LogP contribution in [0, 0.1) is 0 Å². The molecule has 1 aromatic carbocycles. The fourth-order valence-corrected chi connectivity index (χ4v) is 4.63. The highest BCUT2D eigenvalue weighted by Gasteiger charge is 2.46. The molecule has 0 spiro atoms. The normalized spacial score (nSPS) is 21.1. The summed E-state index contributed by atoms with van der Waals surface area (Å²) in [4.78, 5) is 52.5. The van der Waals surface area contributed by atoms with E-state index in [0.29, 0.717) is 32.2 Å². The average Bonchev–Trinajstić information content (AvgIpc) is 2.97. The predicted octanol–water partition coefficient (Wildman–Crippen LogP) is 2.39. The number of hydrogen-bond acceptors (Lipinski definition) is 8. The SMILES string of the molecule is CCOC(=O)[C@@H](CCc1ccc(OC)cc1)N[C@H]1CCC(=O)N2CCC[C@@H](C(=O)OC(C)(C)C)N2C1=O. The number of rotatable bonds is 9. The van der Waals surface area contributed by atoms with Crippen molar-refractivity contribution in [3.8, 4) is 5.75 Å². The standard InChI is InChI=1S/C27H39N3O7/c1-6-36-25(33)21(14-11-18-9-12-19(35-5)13-10-18)28-20-15-16-23(31)29-17-7-8-22(30(29)24(20)32)26(34)37-27(2,3)4/h9-10,12-13,20-22,28H,6-8,11,14-17H2,1-5H3/t20-,21+,22-/m0/s1. The van der Waals surface area contributed by atoms with Gasteiger partial charge >= 0.3 is 11.9 Å². The summed E-state index contributed by atoms with van der Waals surface area (Å²) in [6.45, 7) is 7.58. The van der Waals surface area contributed by atoms with Crippen molar-refractivity contribution in [1.29, 1.82) is 0 Å². The van der Waals surface area contributed by atoms with E-state index in [1.807, 2.05) is 24.3 Å². The predicted molar refractivity (Wildman–Crippen MR) is 135 cm³/mol. The Kier molecular flexibility index (Phi) is 9.53. The first kappa shape index (κ1) is 28.4. The summed E-state index contributed by atoms with van der Waals surface area (Å²) in [6.07, 6.45) is 2.28. The maximum Gasteiger partial charge on any atom is 0.331 e. The number of nitrogens with zero attached hydrogens (tertiary/aromatic N) is 2. The van der Waals surface area contributed by atoms with Gasteiger partial charge in [-0.25, -0.2) is 9.80 Å². The van der Waals surface area contributed by atoms with E-state index in [1.165, 1.54) is 10.0 Å². The highest BCUT2D eigenvalue weighted by atomic mass is 16.6. The van der Waals surface area contributed by atoms with Gasteiger partial charge in [-0.3, -0.25) is 24.7 Å². The van der Waals surface area contributed by atoms with Crippen molar-refractivity contribution in [3.05, 3.63) is 29.8 Å². The number of aryl methyl sites for hydroxylation is 1. The maximum absolute atomic E-state index is 13.8. The third-order valence-electron chi connectivity index (χ3n) is 6.39. The minimum atomic E-state index is -0.896. The average molecular weight is 518 g/mol. The molecule has 2 aliphatic heterocycles. The molecular weight excluding hydrogens is 478 g/mol. The second kappa shape index (κ2) is 12.4.